The average Bonchev–Trinajstić information content (AvgIpc) is 3.99. The minimum atomic E-state index is -1.02. The van der Waals surface area contributed by atoms with Gasteiger partial charge in [-0.2, -0.15) is 10.0 Å². The van der Waals surface area contributed by atoms with Crippen LogP contribution in [0.1, 0.15) is 60.9 Å². The number of fused-ring (bicyclic) bond motifs is 11. The van der Waals surface area contributed by atoms with Crippen LogP contribution in [0.5, 0.6) is 0 Å². The molecule has 3 aliphatic heterocycles. The van der Waals surface area contributed by atoms with Crippen molar-refractivity contribution >= 4 is 61.4 Å². The molecule has 1 saturated heterocycles. The summed E-state index contributed by atoms with van der Waals surface area (Å²) in [6, 6.07) is 60.6. The maximum atomic E-state index is 2.56. The van der Waals surface area contributed by atoms with Gasteiger partial charge in [0.25, 0.3) is 0 Å². The van der Waals surface area contributed by atoms with Gasteiger partial charge in [0.05, 0.1) is 11.4 Å². The first kappa shape index (κ1) is 35.5. The van der Waals surface area contributed by atoms with Crippen LogP contribution in [0.25, 0.3) is 56.3 Å². The van der Waals surface area contributed by atoms with Crippen LogP contribution < -0.4 is 9.80 Å². The maximum absolute atomic E-state index is 2.56. The molecule has 0 unspecified atom stereocenters. The van der Waals surface area contributed by atoms with Crippen LogP contribution in [0.2, 0.25) is 0 Å². The van der Waals surface area contributed by atoms with Crippen molar-refractivity contribution in [2.75, 3.05) is 27.9 Å². The Morgan fingerprint density at radius 1 is 0.508 bits per heavy atom. The molecule has 0 saturated carbocycles. The number of aryl methyl sites for hydroxylation is 1. The lowest BCUT2D eigenvalue weighted by Crippen LogP contribution is -2.25. The number of anilines is 5. The van der Waals surface area contributed by atoms with Crippen molar-refractivity contribution in [3.63, 3.8) is 0 Å². The van der Waals surface area contributed by atoms with Gasteiger partial charge in [-0.05, 0) is 164 Å². The first-order chi connectivity index (χ1) is 30.0. The molecule has 5 aliphatic rings. The molecule has 0 N–H and O–H groups in total. The van der Waals surface area contributed by atoms with Gasteiger partial charge < -0.3 is 9.80 Å². The minimum absolute atomic E-state index is 0.0934. The van der Waals surface area contributed by atoms with Crippen LogP contribution >= 0.6 is 10.0 Å². The zero-order valence-electron chi connectivity index (χ0n) is 34.9. The summed E-state index contributed by atoms with van der Waals surface area (Å²) in [7, 11) is -1.02. The highest BCUT2D eigenvalue weighted by atomic mass is 32.3. The topological polar surface area (TPSA) is 6.48 Å². The van der Waals surface area contributed by atoms with Gasteiger partial charge in [0.2, 0.25) is 0 Å². The molecule has 0 atom stereocenters. The lowest BCUT2D eigenvalue weighted by molar-refractivity contribution is 0.659. The lowest BCUT2D eigenvalue weighted by Gasteiger charge is -2.47. The van der Waals surface area contributed by atoms with Gasteiger partial charge in [0, 0.05) is 38.8 Å². The Balaban J connectivity index is 0.838. The zero-order valence-corrected chi connectivity index (χ0v) is 35.7. The molecule has 296 valence electrons. The predicted octanol–water partition coefficient (Wildman–Crippen LogP) is 15.8. The molecule has 0 amide bonds. The number of rotatable bonds is 4. The molecule has 0 aromatic heterocycles. The zero-order chi connectivity index (χ0) is 40.5. The van der Waals surface area contributed by atoms with E-state index in [4.69, 9.17) is 0 Å². The third-order valence-electron chi connectivity index (χ3n) is 14.8. The lowest BCUT2D eigenvalue weighted by atomic mass is 9.81. The second-order valence-electron chi connectivity index (χ2n) is 18.3. The summed E-state index contributed by atoms with van der Waals surface area (Å²) in [6.45, 7) is 5.87. The van der Waals surface area contributed by atoms with Crippen molar-refractivity contribution in [3.05, 3.63) is 186 Å². The molecule has 2 aliphatic carbocycles. The minimum Gasteiger partial charge on any atom is -0.341 e. The summed E-state index contributed by atoms with van der Waals surface area (Å²) < 4.78 is 0. The Kier molecular flexibility index (Phi) is 7.62. The average molecular weight is 805 g/mol. The van der Waals surface area contributed by atoms with Crippen molar-refractivity contribution < 1.29 is 0 Å². The molecule has 3 heterocycles. The summed E-state index contributed by atoms with van der Waals surface area (Å²) in [5, 5.41) is 2.67. The normalized spacial score (nSPS) is 17.5. The Labute approximate surface area is 361 Å². The summed E-state index contributed by atoms with van der Waals surface area (Å²) in [6.07, 6.45) is 9.66. The standard InChI is InChI=1S/C58H48N2S/c1-58(2)50-35-38(23-28-45(50)46-31-26-41(37-51(46)58)59-32-12-14-40-13-3-4-17-52(40)59)22-24-39-25-29-48-44-30-27-42(36-49(44)47-16-11-15-43(39)57(47)48)60-53-18-5-7-20-55(53)61(33-9-10-34-61)56-21-8-6-19-54(56)60/h3-8,11,13,15-31,35-37H,9-10,12,14,32-34H2,1-2H3. The summed E-state index contributed by atoms with van der Waals surface area (Å²) >= 11 is 0. The quantitative estimate of drug-likeness (QED) is 0.164. The molecule has 8 aromatic carbocycles. The molecule has 13 rings (SSSR count). The molecular formula is C58H48N2S. The second kappa shape index (κ2) is 13.1. The van der Waals surface area contributed by atoms with Crippen molar-refractivity contribution in [1.29, 1.82) is 0 Å². The molecular weight excluding hydrogens is 757 g/mol. The molecule has 1 fully saturated rings. The SMILES string of the molecule is CC1(C)c2cc(C=Cc3ccc4c5c(cccc35)-c3cc(N5c6ccccc6S6(CCCC6)c6ccccc65)ccc3-4)ccc2-c2ccc(N3CCCc4ccccc43)cc21. The van der Waals surface area contributed by atoms with E-state index in [0.717, 1.165) is 13.0 Å². The number of benzene rings is 8. The van der Waals surface area contributed by atoms with E-state index in [1.807, 2.05) is 0 Å². The second-order valence-corrected chi connectivity index (χ2v) is 21.8. The van der Waals surface area contributed by atoms with E-state index in [0.29, 0.717) is 0 Å². The van der Waals surface area contributed by atoms with Gasteiger partial charge in [-0.15, -0.1) is 0 Å². The number of nitrogens with zero attached hydrogens (tertiary/aromatic N) is 2. The largest absolute Gasteiger partial charge is 0.341 e. The van der Waals surface area contributed by atoms with E-state index in [9.17, 15) is 0 Å². The van der Waals surface area contributed by atoms with Gasteiger partial charge in [-0.25, -0.2) is 0 Å². The van der Waals surface area contributed by atoms with E-state index in [2.05, 4.69) is 194 Å². The van der Waals surface area contributed by atoms with Gasteiger partial charge in [0.15, 0.2) is 0 Å². The van der Waals surface area contributed by atoms with Gasteiger partial charge in [-0.3, -0.25) is 0 Å². The molecule has 1 spiro atoms. The summed E-state index contributed by atoms with van der Waals surface area (Å²) in [5.41, 5.74) is 21.4. The van der Waals surface area contributed by atoms with Crippen LogP contribution in [0.3, 0.4) is 0 Å². The third kappa shape index (κ3) is 5.05. The fourth-order valence-electron chi connectivity index (χ4n) is 11.9. The Morgan fingerprint density at radius 3 is 1.97 bits per heavy atom. The molecule has 0 bridgehead atoms. The smallest absolute Gasteiger partial charge is 0.0586 e. The molecule has 0 radical (unpaired) electrons. The van der Waals surface area contributed by atoms with Crippen LogP contribution in [0.4, 0.5) is 28.4 Å². The summed E-state index contributed by atoms with van der Waals surface area (Å²) in [5.74, 6) is 2.61. The van der Waals surface area contributed by atoms with Crippen molar-refractivity contribution in [1.82, 2.24) is 0 Å². The first-order valence-corrected chi connectivity index (χ1v) is 24.3. The Morgan fingerprint density at radius 2 is 1.16 bits per heavy atom. The van der Waals surface area contributed by atoms with Gasteiger partial charge in [0.1, 0.15) is 0 Å². The predicted molar refractivity (Wildman–Crippen MR) is 261 cm³/mol. The number of hydrogen-bond acceptors (Lipinski definition) is 2. The van der Waals surface area contributed by atoms with Crippen molar-refractivity contribution in [2.24, 2.45) is 0 Å². The fourth-order valence-corrected chi connectivity index (χ4v) is 16.4. The highest BCUT2D eigenvalue weighted by Gasteiger charge is 2.42. The van der Waals surface area contributed by atoms with Gasteiger partial charge >= 0.3 is 0 Å². The number of hydrogen-bond donors (Lipinski definition) is 0. The Bertz CT molecular complexity index is 3130. The van der Waals surface area contributed by atoms with Crippen molar-refractivity contribution in [2.45, 2.75) is 54.7 Å². The fraction of sp³-hybridized carbons (Fsp3) is 0.172. The van der Waals surface area contributed by atoms with Crippen LogP contribution in [0.15, 0.2) is 168 Å². The maximum Gasteiger partial charge on any atom is 0.0586 e. The van der Waals surface area contributed by atoms with Crippen molar-refractivity contribution in [3.8, 4) is 33.4 Å². The first-order valence-electron chi connectivity index (χ1n) is 22.3. The monoisotopic (exact) mass is 804 g/mol. The van der Waals surface area contributed by atoms with E-state index in [1.165, 1.54) is 131 Å². The highest BCUT2D eigenvalue weighted by Crippen LogP contribution is 2.74. The third-order valence-corrected chi connectivity index (χ3v) is 19.1. The summed E-state index contributed by atoms with van der Waals surface area (Å²) in [4.78, 5) is 8.22. The molecule has 8 aromatic rings. The highest BCUT2D eigenvalue weighted by molar-refractivity contribution is 8.34. The van der Waals surface area contributed by atoms with Crippen LogP contribution in [-0.4, -0.2) is 18.1 Å². The molecule has 3 heteroatoms. The van der Waals surface area contributed by atoms with E-state index >= 15 is 0 Å². The molecule has 61 heavy (non-hydrogen) atoms. The Hall–Kier alpha value is -6.29. The van der Waals surface area contributed by atoms with E-state index in [1.54, 1.807) is 9.79 Å². The van der Waals surface area contributed by atoms with E-state index < -0.39 is 10.0 Å². The molecule has 2 nitrogen and oxygen atoms in total. The van der Waals surface area contributed by atoms with Crippen LogP contribution in [-0.2, 0) is 11.8 Å². The van der Waals surface area contributed by atoms with Crippen LogP contribution in [0, 0.1) is 0 Å². The number of para-hydroxylation sites is 3. The van der Waals surface area contributed by atoms with Gasteiger partial charge in [-0.1, -0.05) is 129 Å². The van der Waals surface area contributed by atoms with E-state index in [-0.39, 0.29) is 5.41 Å².